The lowest BCUT2D eigenvalue weighted by atomic mass is 10.0. The molecule has 0 radical (unpaired) electrons. The van der Waals surface area contributed by atoms with Crippen molar-refractivity contribution in [2.45, 2.75) is 12.8 Å². The molecule has 2 aromatic carbocycles. The highest BCUT2D eigenvalue weighted by Gasteiger charge is 2.20. The minimum absolute atomic E-state index is 0.296. The van der Waals surface area contributed by atoms with E-state index in [1.165, 1.54) is 11.9 Å². The lowest BCUT2D eigenvalue weighted by Gasteiger charge is -2.30. The topological polar surface area (TPSA) is 76.6 Å². The Hall–Kier alpha value is -3.61. The molecule has 0 saturated heterocycles. The second-order valence-electron chi connectivity index (χ2n) is 6.96. The van der Waals surface area contributed by atoms with E-state index in [1.54, 1.807) is 24.3 Å². The summed E-state index contributed by atoms with van der Waals surface area (Å²) in [5.74, 6) is 1.74. The van der Waals surface area contributed by atoms with Crippen molar-refractivity contribution < 1.29 is 14.3 Å². The molecule has 146 valence electrons. The first kappa shape index (κ1) is 17.5. The van der Waals surface area contributed by atoms with Crippen molar-refractivity contribution in [3.8, 4) is 11.5 Å². The summed E-state index contributed by atoms with van der Waals surface area (Å²) >= 11 is 0. The average Bonchev–Trinajstić information content (AvgIpc) is 2.78. The van der Waals surface area contributed by atoms with Gasteiger partial charge in [0.1, 0.15) is 31.1 Å². The van der Waals surface area contributed by atoms with Gasteiger partial charge in [0, 0.05) is 30.1 Å². The molecule has 0 fully saturated rings. The number of hydrogen-bond acceptors (Lipinski definition) is 6. The molecule has 1 aromatic heterocycles. The molecule has 2 aliphatic rings. The second-order valence-corrected chi connectivity index (χ2v) is 6.96. The molecule has 0 atom stereocenters. The van der Waals surface area contributed by atoms with Crippen LogP contribution in [0.25, 0.3) is 0 Å². The molecular weight excluding hydrogens is 368 g/mol. The van der Waals surface area contributed by atoms with Crippen molar-refractivity contribution in [2.75, 3.05) is 30.0 Å². The van der Waals surface area contributed by atoms with Crippen molar-refractivity contribution in [3.63, 3.8) is 0 Å². The van der Waals surface area contributed by atoms with Crippen molar-refractivity contribution in [1.82, 2.24) is 9.97 Å². The van der Waals surface area contributed by atoms with E-state index < -0.39 is 0 Å². The van der Waals surface area contributed by atoms with Crippen molar-refractivity contribution in [3.05, 3.63) is 66.1 Å². The van der Waals surface area contributed by atoms with Crippen LogP contribution in [-0.2, 0) is 6.42 Å². The van der Waals surface area contributed by atoms with Crippen LogP contribution >= 0.6 is 0 Å². The third kappa shape index (κ3) is 3.47. The number of anilines is 3. The number of rotatable bonds is 3. The Bertz CT molecular complexity index is 1070. The smallest absolute Gasteiger partial charge is 0.274 e. The molecule has 0 unspecified atom stereocenters. The quantitative estimate of drug-likeness (QED) is 0.739. The fraction of sp³-hybridized carbons (Fsp3) is 0.227. The number of ether oxygens (including phenoxy) is 2. The van der Waals surface area contributed by atoms with Gasteiger partial charge in [-0.15, -0.1) is 0 Å². The molecule has 5 rings (SSSR count). The molecule has 0 bridgehead atoms. The molecule has 2 aliphatic heterocycles. The number of nitrogens with one attached hydrogen (secondary N) is 1. The van der Waals surface area contributed by atoms with Crippen LogP contribution in [0.4, 0.5) is 17.2 Å². The van der Waals surface area contributed by atoms with E-state index in [0.717, 1.165) is 30.9 Å². The number of aromatic nitrogens is 2. The maximum Gasteiger partial charge on any atom is 0.274 e. The van der Waals surface area contributed by atoms with Crippen LogP contribution in [-0.4, -0.2) is 35.6 Å². The molecular formula is C22H20N4O3. The first-order valence-corrected chi connectivity index (χ1v) is 9.66. The summed E-state index contributed by atoms with van der Waals surface area (Å²) in [6.45, 7) is 1.89. The first-order chi connectivity index (χ1) is 14.3. The van der Waals surface area contributed by atoms with Gasteiger partial charge in [-0.05, 0) is 36.6 Å². The highest BCUT2D eigenvalue weighted by Crippen LogP contribution is 2.34. The van der Waals surface area contributed by atoms with Gasteiger partial charge in [-0.1, -0.05) is 18.2 Å². The van der Waals surface area contributed by atoms with E-state index in [9.17, 15) is 4.79 Å². The van der Waals surface area contributed by atoms with Crippen molar-refractivity contribution in [2.24, 2.45) is 0 Å². The van der Waals surface area contributed by atoms with E-state index in [-0.39, 0.29) is 5.91 Å². The standard InChI is InChI=1S/C22H20N4O3/c27-22(25-16-7-8-19-20(12-16)29-11-10-28-19)17-13-21(24-14-23-17)26-9-3-5-15-4-1-2-6-18(15)26/h1-2,4,6-8,12-14H,3,5,9-11H2,(H,25,27). The van der Waals surface area contributed by atoms with Gasteiger partial charge in [0.15, 0.2) is 11.5 Å². The third-order valence-electron chi connectivity index (χ3n) is 5.07. The fourth-order valence-electron chi connectivity index (χ4n) is 3.71. The molecule has 0 spiro atoms. The highest BCUT2D eigenvalue weighted by atomic mass is 16.6. The summed E-state index contributed by atoms with van der Waals surface area (Å²) in [7, 11) is 0. The summed E-state index contributed by atoms with van der Waals surface area (Å²) in [5.41, 5.74) is 3.37. The van der Waals surface area contributed by atoms with Crippen LogP contribution < -0.4 is 19.7 Å². The maximum absolute atomic E-state index is 12.8. The molecule has 29 heavy (non-hydrogen) atoms. The van der Waals surface area contributed by atoms with Gasteiger partial charge in [0.25, 0.3) is 5.91 Å². The van der Waals surface area contributed by atoms with Crippen LogP contribution in [0.15, 0.2) is 54.9 Å². The second kappa shape index (κ2) is 7.43. The lowest BCUT2D eigenvalue weighted by Crippen LogP contribution is -2.26. The van der Waals surface area contributed by atoms with Gasteiger partial charge in [0.05, 0.1) is 0 Å². The van der Waals surface area contributed by atoms with Crippen molar-refractivity contribution >= 4 is 23.1 Å². The van der Waals surface area contributed by atoms with Crippen LogP contribution in [0, 0.1) is 0 Å². The minimum atomic E-state index is -0.296. The van der Waals surface area contributed by atoms with E-state index in [4.69, 9.17) is 9.47 Å². The van der Waals surface area contributed by atoms with Crippen LogP contribution in [0.1, 0.15) is 22.5 Å². The maximum atomic E-state index is 12.8. The molecule has 7 nitrogen and oxygen atoms in total. The molecule has 1 amide bonds. The van der Waals surface area contributed by atoms with Gasteiger partial charge in [-0.25, -0.2) is 9.97 Å². The Morgan fingerprint density at radius 1 is 1.00 bits per heavy atom. The Labute approximate surface area is 168 Å². The van der Waals surface area contributed by atoms with Gasteiger partial charge in [-0.3, -0.25) is 4.79 Å². The Morgan fingerprint density at radius 2 is 1.86 bits per heavy atom. The summed E-state index contributed by atoms with van der Waals surface area (Å²) < 4.78 is 11.1. The number of carbonyl (C=O) groups excluding carboxylic acids is 1. The predicted octanol–water partition coefficient (Wildman–Crippen LogP) is 3.58. The molecule has 0 saturated carbocycles. The van der Waals surface area contributed by atoms with Crippen molar-refractivity contribution in [1.29, 1.82) is 0 Å². The molecule has 0 aliphatic carbocycles. The zero-order valence-electron chi connectivity index (χ0n) is 15.8. The number of carbonyl (C=O) groups is 1. The van der Waals surface area contributed by atoms with Crippen LogP contribution in [0.5, 0.6) is 11.5 Å². The largest absolute Gasteiger partial charge is 0.486 e. The first-order valence-electron chi connectivity index (χ1n) is 9.66. The number of hydrogen-bond donors (Lipinski definition) is 1. The SMILES string of the molecule is O=C(Nc1ccc2c(c1)OCCO2)c1cc(N2CCCc3ccccc32)ncn1. The monoisotopic (exact) mass is 388 g/mol. The number of nitrogens with zero attached hydrogens (tertiary/aromatic N) is 3. The number of aryl methyl sites for hydroxylation is 1. The molecule has 1 N–H and O–H groups in total. The summed E-state index contributed by atoms with van der Waals surface area (Å²) in [4.78, 5) is 23.5. The van der Waals surface area contributed by atoms with E-state index >= 15 is 0 Å². The van der Waals surface area contributed by atoms with E-state index in [1.807, 2.05) is 6.07 Å². The molecule has 3 heterocycles. The zero-order valence-corrected chi connectivity index (χ0v) is 15.8. The van der Waals surface area contributed by atoms with Crippen LogP contribution in [0.2, 0.25) is 0 Å². The highest BCUT2D eigenvalue weighted by molar-refractivity contribution is 6.03. The fourth-order valence-corrected chi connectivity index (χ4v) is 3.71. The summed E-state index contributed by atoms with van der Waals surface area (Å²) in [5, 5.41) is 2.87. The predicted molar refractivity (Wildman–Crippen MR) is 109 cm³/mol. The Balaban J connectivity index is 1.38. The van der Waals surface area contributed by atoms with Crippen LogP contribution in [0.3, 0.4) is 0 Å². The van der Waals surface area contributed by atoms with Gasteiger partial charge in [0.2, 0.25) is 0 Å². The average molecular weight is 388 g/mol. The summed E-state index contributed by atoms with van der Waals surface area (Å²) in [6, 6.07) is 15.4. The minimum Gasteiger partial charge on any atom is -0.486 e. The Kier molecular flexibility index (Phi) is 4.48. The van der Waals surface area contributed by atoms with Gasteiger partial charge < -0.3 is 19.7 Å². The zero-order chi connectivity index (χ0) is 19.6. The Morgan fingerprint density at radius 3 is 2.79 bits per heavy atom. The summed E-state index contributed by atoms with van der Waals surface area (Å²) in [6.07, 6.45) is 3.53. The number of amides is 1. The van der Waals surface area contributed by atoms with E-state index in [0.29, 0.717) is 36.1 Å². The van der Waals surface area contributed by atoms with Gasteiger partial charge in [-0.2, -0.15) is 0 Å². The molecule has 3 aromatic rings. The lowest BCUT2D eigenvalue weighted by molar-refractivity contribution is 0.102. The normalized spacial score (nSPS) is 14.8. The number of benzene rings is 2. The molecule has 7 heteroatoms. The van der Waals surface area contributed by atoms with Gasteiger partial charge >= 0.3 is 0 Å². The number of para-hydroxylation sites is 1. The van der Waals surface area contributed by atoms with E-state index in [2.05, 4.69) is 38.4 Å². The number of fused-ring (bicyclic) bond motifs is 2. The third-order valence-corrected chi connectivity index (χ3v) is 5.07.